The smallest absolute Gasteiger partial charge is 0.340 e. The molecule has 20 heavy (non-hydrogen) atoms. The van der Waals surface area contributed by atoms with Crippen LogP contribution in [0, 0.1) is 0 Å². The summed E-state index contributed by atoms with van der Waals surface area (Å²) >= 11 is 0. The largest absolute Gasteiger partial charge is 0.462 e. The summed E-state index contributed by atoms with van der Waals surface area (Å²) in [6.45, 7) is 12.7. The number of aromatic nitrogens is 1. The van der Waals surface area contributed by atoms with Crippen molar-refractivity contribution in [1.29, 1.82) is 0 Å². The summed E-state index contributed by atoms with van der Waals surface area (Å²) in [5, 5.41) is 0. The Morgan fingerprint density at radius 2 is 1.90 bits per heavy atom. The molecule has 1 aromatic rings. The fourth-order valence-electron chi connectivity index (χ4n) is 2.29. The molecule has 3 heteroatoms. The van der Waals surface area contributed by atoms with Gasteiger partial charge >= 0.3 is 5.97 Å². The zero-order valence-electron chi connectivity index (χ0n) is 13.7. The number of hydrogen-bond acceptors (Lipinski definition) is 3. The van der Waals surface area contributed by atoms with Gasteiger partial charge in [0.05, 0.1) is 17.9 Å². The van der Waals surface area contributed by atoms with Crippen LogP contribution in [-0.4, -0.2) is 17.6 Å². The molecule has 0 saturated heterocycles. The van der Waals surface area contributed by atoms with Crippen molar-refractivity contribution in [2.75, 3.05) is 6.61 Å². The lowest BCUT2D eigenvalue weighted by molar-refractivity contribution is 0.0522. The molecule has 0 spiro atoms. The third-order valence-electron chi connectivity index (χ3n) is 3.26. The number of hydrogen-bond donors (Lipinski definition) is 0. The Hall–Kier alpha value is -1.38. The van der Waals surface area contributed by atoms with E-state index in [0.717, 1.165) is 36.2 Å². The van der Waals surface area contributed by atoms with Crippen LogP contribution in [0.1, 0.15) is 75.3 Å². The van der Waals surface area contributed by atoms with Crippen LogP contribution >= 0.6 is 0 Å². The molecule has 0 unspecified atom stereocenters. The fraction of sp³-hybridized carbons (Fsp3) is 0.647. The maximum absolute atomic E-state index is 12.2. The van der Waals surface area contributed by atoms with Crippen molar-refractivity contribution >= 4 is 5.97 Å². The predicted molar refractivity (Wildman–Crippen MR) is 82.3 cm³/mol. The number of rotatable bonds is 5. The highest BCUT2D eigenvalue weighted by Gasteiger charge is 2.26. The van der Waals surface area contributed by atoms with Crippen molar-refractivity contribution in [2.24, 2.45) is 0 Å². The molecule has 0 aliphatic rings. The fourth-order valence-corrected chi connectivity index (χ4v) is 2.29. The molecule has 0 amide bonds. The first-order chi connectivity index (χ1) is 9.35. The highest BCUT2D eigenvalue weighted by atomic mass is 16.5. The van der Waals surface area contributed by atoms with Gasteiger partial charge in [-0.15, -0.1) is 0 Å². The summed E-state index contributed by atoms with van der Waals surface area (Å²) in [6, 6.07) is 1.98. The molecule has 0 radical (unpaired) electrons. The Morgan fingerprint density at radius 3 is 2.35 bits per heavy atom. The van der Waals surface area contributed by atoms with Gasteiger partial charge in [-0.1, -0.05) is 41.0 Å². The second-order valence-electron chi connectivity index (χ2n) is 6.06. The molecule has 0 N–H and O–H groups in total. The minimum atomic E-state index is -0.261. The predicted octanol–water partition coefficient (Wildman–Crippen LogP) is 4.07. The standard InChI is InChI=1S/C17H27NO2/c1-7-10-14-12(8-2)11-13(16(19)20-9-3)15(18-14)17(4,5)6/h11H,7-10H2,1-6H3. The van der Waals surface area contributed by atoms with Crippen molar-refractivity contribution in [3.8, 4) is 0 Å². The molecular weight excluding hydrogens is 250 g/mol. The van der Waals surface area contributed by atoms with E-state index >= 15 is 0 Å². The van der Waals surface area contributed by atoms with E-state index in [9.17, 15) is 4.79 Å². The minimum Gasteiger partial charge on any atom is -0.462 e. The summed E-state index contributed by atoms with van der Waals surface area (Å²) in [6.07, 6.45) is 2.90. The summed E-state index contributed by atoms with van der Waals surface area (Å²) in [7, 11) is 0. The number of ether oxygens (including phenoxy) is 1. The molecule has 1 rings (SSSR count). The SMILES string of the molecule is CCCc1nc(C(C)(C)C)c(C(=O)OCC)cc1CC. The van der Waals surface area contributed by atoms with Gasteiger partial charge in [0.2, 0.25) is 0 Å². The van der Waals surface area contributed by atoms with E-state index in [-0.39, 0.29) is 11.4 Å². The normalized spacial score (nSPS) is 11.5. The highest BCUT2D eigenvalue weighted by Crippen LogP contribution is 2.27. The topological polar surface area (TPSA) is 39.2 Å². The van der Waals surface area contributed by atoms with E-state index in [1.165, 1.54) is 0 Å². The Morgan fingerprint density at radius 1 is 1.25 bits per heavy atom. The molecular formula is C17H27NO2. The molecule has 0 atom stereocenters. The summed E-state index contributed by atoms with van der Waals surface area (Å²) < 4.78 is 5.18. The number of carbonyl (C=O) groups excluding carboxylic acids is 1. The van der Waals surface area contributed by atoms with Gasteiger partial charge in [-0.2, -0.15) is 0 Å². The monoisotopic (exact) mass is 277 g/mol. The average Bonchev–Trinajstić information content (AvgIpc) is 2.37. The molecule has 0 fully saturated rings. The molecule has 0 saturated carbocycles. The van der Waals surface area contributed by atoms with E-state index < -0.39 is 0 Å². The van der Waals surface area contributed by atoms with Crippen LogP contribution in [0.4, 0.5) is 0 Å². The first kappa shape index (κ1) is 16.7. The molecule has 3 nitrogen and oxygen atoms in total. The van der Waals surface area contributed by atoms with E-state index in [2.05, 4.69) is 34.6 Å². The molecule has 0 bridgehead atoms. The maximum atomic E-state index is 12.2. The number of carbonyl (C=O) groups is 1. The lowest BCUT2D eigenvalue weighted by atomic mass is 9.86. The Labute approximate surface area is 122 Å². The van der Waals surface area contributed by atoms with Crippen molar-refractivity contribution in [3.05, 3.63) is 28.6 Å². The minimum absolute atomic E-state index is 0.170. The molecule has 0 aromatic carbocycles. The van der Waals surface area contributed by atoms with E-state index in [4.69, 9.17) is 9.72 Å². The highest BCUT2D eigenvalue weighted by molar-refractivity contribution is 5.91. The van der Waals surface area contributed by atoms with Gasteiger partial charge in [-0.25, -0.2) is 4.79 Å². The van der Waals surface area contributed by atoms with Crippen LogP contribution in [0.25, 0.3) is 0 Å². The quantitative estimate of drug-likeness (QED) is 0.762. The van der Waals surface area contributed by atoms with Crippen LogP contribution < -0.4 is 0 Å². The Bertz CT molecular complexity index is 473. The van der Waals surface area contributed by atoms with E-state index in [0.29, 0.717) is 12.2 Å². The Balaban J connectivity index is 3.43. The molecule has 1 aromatic heterocycles. The Kier molecular flexibility index (Phi) is 5.73. The van der Waals surface area contributed by atoms with Crippen LogP contribution in [0.3, 0.4) is 0 Å². The second-order valence-corrected chi connectivity index (χ2v) is 6.06. The van der Waals surface area contributed by atoms with Crippen molar-refractivity contribution in [2.45, 2.75) is 66.2 Å². The summed E-state index contributed by atoms with van der Waals surface area (Å²) in [4.78, 5) is 17.0. The van der Waals surface area contributed by atoms with Crippen LogP contribution in [0.5, 0.6) is 0 Å². The third kappa shape index (κ3) is 3.81. The lowest BCUT2D eigenvalue weighted by Crippen LogP contribution is -2.22. The van der Waals surface area contributed by atoms with Crippen LogP contribution in [0.2, 0.25) is 0 Å². The van der Waals surface area contributed by atoms with Gasteiger partial charge in [0.25, 0.3) is 0 Å². The van der Waals surface area contributed by atoms with E-state index in [1.54, 1.807) is 0 Å². The lowest BCUT2D eigenvalue weighted by Gasteiger charge is -2.23. The molecule has 0 aliphatic heterocycles. The van der Waals surface area contributed by atoms with Crippen LogP contribution in [-0.2, 0) is 23.0 Å². The first-order valence-corrected chi connectivity index (χ1v) is 7.55. The zero-order valence-corrected chi connectivity index (χ0v) is 13.7. The van der Waals surface area contributed by atoms with Crippen LogP contribution in [0.15, 0.2) is 6.07 Å². The second kappa shape index (κ2) is 6.87. The van der Waals surface area contributed by atoms with Crippen molar-refractivity contribution < 1.29 is 9.53 Å². The maximum Gasteiger partial charge on any atom is 0.340 e. The van der Waals surface area contributed by atoms with E-state index in [1.807, 2.05) is 13.0 Å². The summed E-state index contributed by atoms with van der Waals surface area (Å²) in [5.74, 6) is -0.261. The van der Waals surface area contributed by atoms with Gasteiger partial charge in [0.15, 0.2) is 0 Å². The zero-order chi connectivity index (χ0) is 15.3. The van der Waals surface area contributed by atoms with Gasteiger partial charge in [-0.3, -0.25) is 4.98 Å². The van der Waals surface area contributed by atoms with Gasteiger partial charge in [-0.05, 0) is 31.4 Å². The molecule has 112 valence electrons. The number of esters is 1. The first-order valence-electron chi connectivity index (χ1n) is 7.55. The van der Waals surface area contributed by atoms with Gasteiger partial charge in [0, 0.05) is 11.1 Å². The van der Waals surface area contributed by atoms with Gasteiger partial charge in [0.1, 0.15) is 0 Å². The number of aryl methyl sites for hydroxylation is 2. The third-order valence-corrected chi connectivity index (χ3v) is 3.26. The molecule has 1 heterocycles. The number of nitrogens with zero attached hydrogens (tertiary/aromatic N) is 1. The number of pyridine rings is 1. The van der Waals surface area contributed by atoms with Crippen molar-refractivity contribution in [1.82, 2.24) is 4.98 Å². The summed E-state index contributed by atoms with van der Waals surface area (Å²) in [5.41, 5.74) is 3.57. The van der Waals surface area contributed by atoms with Crippen molar-refractivity contribution in [3.63, 3.8) is 0 Å². The molecule has 0 aliphatic carbocycles. The average molecular weight is 277 g/mol. The van der Waals surface area contributed by atoms with Gasteiger partial charge < -0.3 is 4.74 Å².